The first kappa shape index (κ1) is 14.3. The maximum Gasteiger partial charge on any atom is 0.124 e. The molecule has 20 heavy (non-hydrogen) atoms. The number of nitrogens with zero attached hydrogens (tertiary/aromatic N) is 1. The molecule has 0 radical (unpaired) electrons. The maximum atomic E-state index is 6.39. The number of rotatable bonds is 5. The topological polar surface area (TPSA) is 57.4 Å². The summed E-state index contributed by atoms with van der Waals surface area (Å²) >= 11 is 0. The van der Waals surface area contributed by atoms with Crippen LogP contribution in [0, 0.1) is 0 Å². The molecule has 0 amide bonds. The van der Waals surface area contributed by atoms with E-state index in [1.165, 1.54) is 0 Å². The van der Waals surface area contributed by atoms with Gasteiger partial charge in [0.25, 0.3) is 0 Å². The fourth-order valence-electron chi connectivity index (χ4n) is 2.26. The number of methoxy groups -OCH3 is 2. The molecule has 1 aromatic carbocycles. The van der Waals surface area contributed by atoms with Crippen molar-refractivity contribution in [2.24, 2.45) is 5.73 Å². The Morgan fingerprint density at radius 3 is 2.65 bits per heavy atom. The lowest BCUT2D eigenvalue weighted by Gasteiger charge is -2.18. The van der Waals surface area contributed by atoms with Gasteiger partial charge in [0.05, 0.1) is 26.0 Å². The van der Waals surface area contributed by atoms with Crippen molar-refractivity contribution in [1.29, 1.82) is 0 Å². The average Bonchev–Trinajstić information content (AvgIpc) is 2.53. The first-order chi connectivity index (χ1) is 9.71. The van der Waals surface area contributed by atoms with Crippen LogP contribution in [-0.2, 0) is 6.42 Å². The van der Waals surface area contributed by atoms with Crippen LogP contribution in [-0.4, -0.2) is 19.2 Å². The van der Waals surface area contributed by atoms with Crippen LogP contribution in [0.25, 0.3) is 0 Å². The second kappa shape index (κ2) is 6.39. The predicted molar refractivity (Wildman–Crippen MR) is 79.2 cm³/mol. The van der Waals surface area contributed by atoms with Crippen LogP contribution in [0.1, 0.15) is 29.8 Å². The minimum Gasteiger partial charge on any atom is -0.497 e. The molecule has 0 saturated heterocycles. The molecule has 0 fully saturated rings. The summed E-state index contributed by atoms with van der Waals surface area (Å²) in [4.78, 5) is 4.44. The normalized spacial score (nSPS) is 12.0. The van der Waals surface area contributed by atoms with Gasteiger partial charge in [0.1, 0.15) is 11.5 Å². The molecule has 1 heterocycles. The zero-order valence-corrected chi connectivity index (χ0v) is 12.1. The molecule has 2 N–H and O–H groups in total. The van der Waals surface area contributed by atoms with Crippen molar-refractivity contribution in [3.63, 3.8) is 0 Å². The number of aromatic nitrogens is 1. The van der Waals surface area contributed by atoms with Gasteiger partial charge in [0.15, 0.2) is 0 Å². The van der Waals surface area contributed by atoms with Crippen LogP contribution in [0.4, 0.5) is 0 Å². The summed E-state index contributed by atoms with van der Waals surface area (Å²) in [6.45, 7) is 2.09. The summed E-state index contributed by atoms with van der Waals surface area (Å²) < 4.78 is 10.7. The van der Waals surface area contributed by atoms with Crippen molar-refractivity contribution < 1.29 is 9.47 Å². The van der Waals surface area contributed by atoms with Gasteiger partial charge in [0, 0.05) is 11.8 Å². The number of ether oxygens (including phenoxy) is 2. The van der Waals surface area contributed by atoms with E-state index in [1.807, 2.05) is 24.3 Å². The minimum atomic E-state index is -0.337. The van der Waals surface area contributed by atoms with Crippen LogP contribution >= 0.6 is 0 Å². The fourth-order valence-corrected chi connectivity index (χ4v) is 2.26. The van der Waals surface area contributed by atoms with E-state index in [0.29, 0.717) is 0 Å². The van der Waals surface area contributed by atoms with E-state index in [9.17, 15) is 0 Å². The summed E-state index contributed by atoms with van der Waals surface area (Å²) in [6, 6.07) is 9.26. The molecule has 0 aliphatic carbocycles. The van der Waals surface area contributed by atoms with Gasteiger partial charge in [-0.3, -0.25) is 4.98 Å². The molecule has 4 heteroatoms. The van der Waals surface area contributed by atoms with E-state index >= 15 is 0 Å². The monoisotopic (exact) mass is 272 g/mol. The van der Waals surface area contributed by atoms with Gasteiger partial charge in [-0.15, -0.1) is 0 Å². The smallest absolute Gasteiger partial charge is 0.124 e. The van der Waals surface area contributed by atoms with Gasteiger partial charge in [-0.05, 0) is 36.2 Å². The van der Waals surface area contributed by atoms with Crippen molar-refractivity contribution in [2.75, 3.05) is 14.2 Å². The van der Waals surface area contributed by atoms with Gasteiger partial charge in [-0.25, -0.2) is 0 Å². The number of nitrogens with two attached hydrogens (primary N) is 1. The molecular formula is C16H20N2O2. The highest BCUT2D eigenvalue weighted by atomic mass is 16.5. The number of hydrogen-bond acceptors (Lipinski definition) is 4. The maximum absolute atomic E-state index is 6.39. The Kier molecular flexibility index (Phi) is 4.58. The fraction of sp³-hybridized carbons (Fsp3) is 0.312. The van der Waals surface area contributed by atoms with E-state index in [-0.39, 0.29) is 6.04 Å². The van der Waals surface area contributed by atoms with Crippen LogP contribution < -0.4 is 15.2 Å². The number of benzene rings is 1. The summed E-state index contributed by atoms with van der Waals surface area (Å²) in [6.07, 6.45) is 2.66. The van der Waals surface area contributed by atoms with Gasteiger partial charge < -0.3 is 15.2 Å². The largest absolute Gasteiger partial charge is 0.497 e. The summed E-state index contributed by atoms with van der Waals surface area (Å²) in [5.41, 5.74) is 9.29. The third kappa shape index (κ3) is 2.75. The molecule has 0 spiro atoms. The average molecular weight is 272 g/mol. The Hall–Kier alpha value is -2.07. The van der Waals surface area contributed by atoms with Crippen LogP contribution in [0.2, 0.25) is 0 Å². The van der Waals surface area contributed by atoms with E-state index < -0.39 is 0 Å². The van der Waals surface area contributed by atoms with Crippen molar-refractivity contribution in [1.82, 2.24) is 4.98 Å². The molecule has 1 atom stereocenters. The molecule has 2 aromatic rings. The first-order valence-corrected chi connectivity index (χ1v) is 6.62. The summed E-state index contributed by atoms with van der Waals surface area (Å²) in [5.74, 6) is 1.50. The Balaban J connectivity index is 2.49. The molecular weight excluding hydrogens is 252 g/mol. The van der Waals surface area contributed by atoms with E-state index in [1.54, 1.807) is 20.4 Å². The molecule has 1 aromatic heterocycles. The van der Waals surface area contributed by atoms with Crippen LogP contribution in [0.3, 0.4) is 0 Å². The molecule has 2 rings (SSSR count). The third-order valence-electron chi connectivity index (χ3n) is 3.37. The molecule has 0 saturated carbocycles. The van der Waals surface area contributed by atoms with E-state index in [4.69, 9.17) is 15.2 Å². The zero-order valence-electron chi connectivity index (χ0n) is 12.1. The van der Waals surface area contributed by atoms with Crippen LogP contribution in [0.15, 0.2) is 36.5 Å². The molecule has 106 valence electrons. The molecule has 0 bridgehead atoms. The van der Waals surface area contributed by atoms with Crippen molar-refractivity contribution >= 4 is 0 Å². The highest BCUT2D eigenvalue weighted by molar-refractivity contribution is 5.45. The van der Waals surface area contributed by atoms with Crippen molar-refractivity contribution in [3.05, 3.63) is 53.3 Å². The Morgan fingerprint density at radius 2 is 2.00 bits per heavy atom. The second-order valence-electron chi connectivity index (χ2n) is 4.49. The number of hydrogen-bond donors (Lipinski definition) is 1. The van der Waals surface area contributed by atoms with E-state index in [2.05, 4.69) is 18.0 Å². The lowest BCUT2D eigenvalue weighted by Crippen LogP contribution is -2.16. The minimum absolute atomic E-state index is 0.337. The zero-order chi connectivity index (χ0) is 14.5. The number of pyridine rings is 1. The summed E-state index contributed by atoms with van der Waals surface area (Å²) in [5, 5.41) is 0. The summed E-state index contributed by atoms with van der Waals surface area (Å²) in [7, 11) is 3.27. The molecule has 1 unspecified atom stereocenters. The van der Waals surface area contributed by atoms with Gasteiger partial charge in [-0.1, -0.05) is 13.0 Å². The predicted octanol–water partition coefficient (Wildman–Crippen LogP) is 2.71. The lowest BCUT2D eigenvalue weighted by molar-refractivity contribution is 0.397. The second-order valence-corrected chi connectivity index (χ2v) is 4.49. The van der Waals surface area contributed by atoms with Gasteiger partial charge in [0.2, 0.25) is 0 Å². The lowest BCUT2D eigenvalue weighted by atomic mass is 9.98. The standard InChI is InChI=1S/C16H20N2O2/c1-4-11-6-5-9-18-16(11)15(17)13-10-12(19-2)7-8-14(13)20-3/h5-10,15H,4,17H2,1-3H3. The van der Waals surface area contributed by atoms with Crippen molar-refractivity contribution in [3.8, 4) is 11.5 Å². The first-order valence-electron chi connectivity index (χ1n) is 6.62. The molecule has 0 aliphatic rings. The molecule has 4 nitrogen and oxygen atoms in total. The third-order valence-corrected chi connectivity index (χ3v) is 3.37. The highest BCUT2D eigenvalue weighted by Gasteiger charge is 2.18. The van der Waals surface area contributed by atoms with Gasteiger partial charge >= 0.3 is 0 Å². The van der Waals surface area contributed by atoms with Crippen molar-refractivity contribution in [2.45, 2.75) is 19.4 Å². The SMILES string of the molecule is CCc1cccnc1C(N)c1cc(OC)ccc1OC. The Morgan fingerprint density at radius 1 is 1.20 bits per heavy atom. The van der Waals surface area contributed by atoms with E-state index in [0.717, 1.165) is 34.7 Å². The highest BCUT2D eigenvalue weighted by Crippen LogP contribution is 2.32. The van der Waals surface area contributed by atoms with Gasteiger partial charge in [-0.2, -0.15) is 0 Å². The molecule has 0 aliphatic heterocycles. The quantitative estimate of drug-likeness (QED) is 0.909. The Labute approximate surface area is 119 Å². The Bertz CT molecular complexity index is 584. The van der Waals surface area contributed by atoms with Crippen LogP contribution in [0.5, 0.6) is 11.5 Å². The number of aryl methyl sites for hydroxylation is 1.